The van der Waals surface area contributed by atoms with Gasteiger partial charge in [-0.25, -0.2) is 0 Å². The molecule has 0 radical (unpaired) electrons. The molecule has 0 saturated carbocycles. The largest absolute Gasteiger partial charge is 0.356 e. The highest BCUT2D eigenvalue weighted by molar-refractivity contribution is 5.82. The van der Waals surface area contributed by atoms with E-state index in [0.29, 0.717) is 17.8 Å². The topological polar surface area (TPSA) is 43.9 Å². The maximum atomic E-state index is 5.16. The fraction of sp³-hybridized carbons (Fsp3) is 0.333. The lowest BCUT2D eigenvalue weighted by Gasteiger charge is -2.01. The standard InChI is InChI=1S/C11H14N2.C10H11NO.C9H12/c1-8(2)11-9-6-4-5-7-10(9)13(3)12-11;1-7(2)10-8-5-3-4-6-9(8)12-11-10;1-8(2)9-6-4-3-5-7-9/h4-8H,1-3H3;3-7H,1-2H3;3-8H,1-2H3. The molecule has 0 amide bonds. The van der Waals surface area contributed by atoms with Gasteiger partial charge in [0.15, 0.2) is 5.58 Å². The molecule has 34 heavy (non-hydrogen) atoms. The van der Waals surface area contributed by atoms with E-state index in [9.17, 15) is 0 Å². The Bertz CT molecular complexity index is 1300. The summed E-state index contributed by atoms with van der Waals surface area (Å²) >= 11 is 0. The van der Waals surface area contributed by atoms with Crippen molar-refractivity contribution < 1.29 is 4.52 Å². The van der Waals surface area contributed by atoms with Crippen molar-refractivity contribution in [2.75, 3.05) is 0 Å². The summed E-state index contributed by atoms with van der Waals surface area (Å²) in [4.78, 5) is 0. The van der Waals surface area contributed by atoms with Crippen LogP contribution in [0.3, 0.4) is 0 Å². The third-order valence-electron chi connectivity index (χ3n) is 5.75. The van der Waals surface area contributed by atoms with E-state index in [2.05, 4.69) is 94.3 Å². The number of rotatable bonds is 3. The van der Waals surface area contributed by atoms with E-state index < -0.39 is 0 Å². The van der Waals surface area contributed by atoms with E-state index in [4.69, 9.17) is 4.52 Å². The highest BCUT2D eigenvalue weighted by Gasteiger charge is 2.10. The Morgan fingerprint density at radius 1 is 0.618 bits per heavy atom. The summed E-state index contributed by atoms with van der Waals surface area (Å²) < 4.78 is 7.11. The molecular formula is C30H37N3O. The fourth-order valence-electron chi connectivity index (χ4n) is 3.83. The lowest BCUT2D eigenvalue weighted by atomic mass is 10.0. The van der Waals surface area contributed by atoms with Crippen LogP contribution in [0.1, 0.15) is 76.2 Å². The van der Waals surface area contributed by atoms with E-state index in [1.54, 1.807) is 0 Å². The summed E-state index contributed by atoms with van der Waals surface area (Å²) in [6, 6.07) is 26.8. The molecule has 0 aliphatic heterocycles. The van der Waals surface area contributed by atoms with Crippen LogP contribution < -0.4 is 0 Å². The molecule has 0 spiro atoms. The van der Waals surface area contributed by atoms with Gasteiger partial charge in [0.05, 0.1) is 16.9 Å². The summed E-state index contributed by atoms with van der Waals surface area (Å²) in [5.41, 5.74) is 5.74. The van der Waals surface area contributed by atoms with Crippen molar-refractivity contribution in [2.45, 2.75) is 59.3 Å². The van der Waals surface area contributed by atoms with Crippen molar-refractivity contribution in [3.05, 3.63) is 95.8 Å². The molecule has 2 heterocycles. The first-order chi connectivity index (χ1) is 16.3. The average molecular weight is 456 g/mol. The van der Waals surface area contributed by atoms with Gasteiger partial charge >= 0.3 is 0 Å². The van der Waals surface area contributed by atoms with Gasteiger partial charge in [0.2, 0.25) is 0 Å². The minimum atomic E-state index is 0.425. The van der Waals surface area contributed by atoms with E-state index in [-0.39, 0.29) is 0 Å². The second-order valence-electron chi connectivity index (χ2n) is 9.46. The molecule has 0 fully saturated rings. The van der Waals surface area contributed by atoms with Gasteiger partial charge in [0.1, 0.15) is 0 Å². The predicted octanol–water partition coefficient (Wildman–Crippen LogP) is 8.46. The number of aromatic nitrogens is 3. The van der Waals surface area contributed by atoms with Gasteiger partial charge in [-0.2, -0.15) is 5.10 Å². The molecule has 2 aromatic heterocycles. The van der Waals surface area contributed by atoms with Gasteiger partial charge in [0.25, 0.3) is 0 Å². The second-order valence-corrected chi connectivity index (χ2v) is 9.46. The Morgan fingerprint density at radius 2 is 1.18 bits per heavy atom. The molecule has 0 saturated heterocycles. The van der Waals surface area contributed by atoms with Crippen molar-refractivity contribution in [2.24, 2.45) is 7.05 Å². The Morgan fingerprint density at radius 3 is 1.76 bits per heavy atom. The van der Waals surface area contributed by atoms with Crippen LogP contribution in [0.2, 0.25) is 0 Å². The van der Waals surface area contributed by atoms with Crippen LogP contribution in [0.4, 0.5) is 0 Å². The first-order valence-corrected chi connectivity index (χ1v) is 12.1. The molecule has 0 atom stereocenters. The summed E-state index contributed by atoms with van der Waals surface area (Å²) in [5.74, 6) is 1.57. The lowest BCUT2D eigenvalue weighted by Crippen LogP contribution is -1.92. The third-order valence-corrected chi connectivity index (χ3v) is 5.75. The molecule has 0 aliphatic rings. The number of hydrogen-bond donors (Lipinski definition) is 0. The van der Waals surface area contributed by atoms with Crippen LogP contribution in [0.25, 0.3) is 21.9 Å². The number of benzene rings is 3. The number of fused-ring (bicyclic) bond motifs is 2. The van der Waals surface area contributed by atoms with E-state index in [1.807, 2.05) is 48.1 Å². The summed E-state index contributed by atoms with van der Waals surface area (Å²) in [6.07, 6.45) is 0. The van der Waals surface area contributed by atoms with Crippen LogP contribution in [0.15, 0.2) is 83.4 Å². The van der Waals surface area contributed by atoms with Crippen molar-refractivity contribution in [1.29, 1.82) is 0 Å². The van der Waals surface area contributed by atoms with Crippen molar-refractivity contribution in [1.82, 2.24) is 14.9 Å². The van der Waals surface area contributed by atoms with Crippen LogP contribution in [-0.4, -0.2) is 14.9 Å². The van der Waals surface area contributed by atoms with Crippen LogP contribution in [0, 0.1) is 0 Å². The molecule has 3 aromatic carbocycles. The SMILES string of the molecule is CC(C)c1ccccc1.CC(C)c1nn(C)c2ccccc12.CC(C)c1noc2ccccc12. The van der Waals surface area contributed by atoms with Gasteiger partial charge in [-0.1, -0.05) is 107 Å². The number of nitrogens with zero attached hydrogens (tertiary/aromatic N) is 3. The van der Waals surface area contributed by atoms with E-state index in [1.165, 1.54) is 22.2 Å². The van der Waals surface area contributed by atoms with Crippen molar-refractivity contribution >= 4 is 21.9 Å². The summed E-state index contributed by atoms with van der Waals surface area (Å²) in [5, 5.41) is 10.9. The first-order valence-electron chi connectivity index (χ1n) is 12.1. The third kappa shape index (κ3) is 6.13. The highest BCUT2D eigenvalue weighted by Crippen LogP contribution is 2.24. The molecule has 0 aliphatic carbocycles. The molecule has 0 N–H and O–H groups in total. The van der Waals surface area contributed by atoms with Gasteiger partial charge in [-0.15, -0.1) is 0 Å². The van der Waals surface area contributed by atoms with Gasteiger partial charge in [-0.05, 0) is 41.5 Å². The quantitative estimate of drug-likeness (QED) is 0.274. The van der Waals surface area contributed by atoms with E-state index >= 15 is 0 Å². The van der Waals surface area contributed by atoms with Crippen molar-refractivity contribution in [3.8, 4) is 0 Å². The zero-order valence-electron chi connectivity index (χ0n) is 21.5. The van der Waals surface area contributed by atoms with Crippen LogP contribution in [-0.2, 0) is 7.05 Å². The molecular weight excluding hydrogens is 418 g/mol. The Labute approximate surface area is 203 Å². The predicted molar refractivity (Wildman–Crippen MR) is 143 cm³/mol. The average Bonchev–Trinajstić information content (AvgIpc) is 3.42. The fourth-order valence-corrected chi connectivity index (χ4v) is 3.83. The molecule has 4 nitrogen and oxygen atoms in total. The van der Waals surface area contributed by atoms with Crippen molar-refractivity contribution in [3.63, 3.8) is 0 Å². The number of hydrogen-bond acceptors (Lipinski definition) is 3. The minimum absolute atomic E-state index is 0.425. The Hall–Kier alpha value is -3.40. The monoisotopic (exact) mass is 455 g/mol. The highest BCUT2D eigenvalue weighted by atomic mass is 16.5. The van der Waals surface area contributed by atoms with E-state index in [0.717, 1.165) is 16.7 Å². The van der Waals surface area contributed by atoms with Gasteiger partial charge in [0, 0.05) is 17.8 Å². The minimum Gasteiger partial charge on any atom is -0.356 e. The molecule has 0 bridgehead atoms. The molecule has 4 heteroatoms. The number of para-hydroxylation sites is 2. The van der Waals surface area contributed by atoms with Gasteiger partial charge in [-0.3, -0.25) is 4.68 Å². The molecule has 0 unspecified atom stereocenters. The molecule has 178 valence electrons. The summed E-state index contributed by atoms with van der Waals surface area (Å²) in [6.45, 7) is 13.0. The maximum absolute atomic E-state index is 5.16. The smallest absolute Gasteiger partial charge is 0.167 e. The lowest BCUT2D eigenvalue weighted by molar-refractivity contribution is 0.441. The maximum Gasteiger partial charge on any atom is 0.167 e. The second kappa shape index (κ2) is 11.6. The van der Waals surface area contributed by atoms with Crippen LogP contribution >= 0.6 is 0 Å². The van der Waals surface area contributed by atoms with Crippen LogP contribution in [0.5, 0.6) is 0 Å². The van der Waals surface area contributed by atoms with Gasteiger partial charge < -0.3 is 4.52 Å². The molecule has 5 rings (SSSR count). The summed E-state index contributed by atoms with van der Waals surface area (Å²) in [7, 11) is 1.99. The first kappa shape index (κ1) is 25.2. The normalized spacial score (nSPS) is 11.0. The Balaban J connectivity index is 0.000000146. The zero-order chi connectivity index (χ0) is 24.7. The number of aryl methyl sites for hydroxylation is 1. The Kier molecular flexibility index (Phi) is 8.64. The molecule has 5 aromatic rings. The zero-order valence-corrected chi connectivity index (χ0v) is 21.5.